The normalized spacial score (nSPS) is 25.4. The molecule has 1 aliphatic heterocycles. The third-order valence-corrected chi connectivity index (χ3v) is 7.56. The minimum Gasteiger partial charge on any atom is -0.493 e. The van der Waals surface area contributed by atoms with Gasteiger partial charge in [-0.2, -0.15) is 10.1 Å². The van der Waals surface area contributed by atoms with Crippen LogP contribution < -0.4 is 9.47 Å². The molecule has 2 fully saturated rings. The van der Waals surface area contributed by atoms with E-state index < -0.39 is 0 Å². The van der Waals surface area contributed by atoms with Gasteiger partial charge in [-0.1, -0.05) is 53.0 Å². The fourth-order valence-electron chi connectivity index (χ4n) is 5.04. The van der Waals surface area contributed by atoms with E-state index in [-0.39, 0.29) is 42.1 Å². The van der Waals surface area contributed by atoms with Gasteiger partial charge in [-0.05, 0) is 54.5 Å². The number of benzene rings is 2. The molecule has 0 aromatic heterocycles. The van der Waals surface area contributed by atoms with Crippen molar-refractivity contribution in [1.82, 2.24) is 5.01 Å². The summed E-state index contributed by atoms with van der Waals surface area (Å²) in [5.74, 6) is -0.114. The van der Waals surface area contributed by atoms with E-state index in [1.54, 1.807) is 30.3 Å². The summed E-state index contributed by atoms with van der Waals surface area (Å²) in [7, 11) is 1.50. The highest BCUT2D eigenvalue weighted by Gasteiger charge is 2.56. The van der Waals surface area contributed by atoms with Crippen LogP contribution in [0.5, 0.6) is 11.5 Å². The van der Waals surface area contributed by atoms with Gasteiger partial charge in [0.1, 0.15) is 6.61 Å². The van der Waals surface area contributed by atoms with Crippen molar-refractivity contribution in [2.75, 3.05) is 7.11 Å². The summed E-state index contributed by atoms with van der Waals surface area (Å²) in [6, 6.07) is 8.45. The summed E-state index contributed by atoms with van der Waals surface area (Å²) < 4.78 is 11.3. The predicted octanol–water partition coefficient (Wildman–Crippen LogP) is 5.77. The number of nitrogens with zero attached hydrogens (tertiary/aromatic N) is 2. The van der Waals surface area contributed by atoms with Crippen LogP contribution in [0, 0.1) is 23.7 Å². The SMILES string of the molecule is COc1cc(/C=N\N2C(=O)[C@@H]3[C@@H](C2=O)[C@H]2C=C[C@H]3CC2)cc(Cl)c1OCc1ccc(Cl)cc1Cl. The molecule has 2 aromatic rings. The number of ether oxygens (including phenoxy) is 2. The molecule has 1 saturated heterocycles. The van der Waals surface area contributed by atoms with Crippen molar-refractivity contribution in [2.45, 2.75) is 19.4 Å². The summed E-state index contributed by atoms with van der Waals surface area (Å²) >= 11 is 18.6. The number of hydrogen-bond donors (Lipinski definition) is 0. The fourth-order valence-corrected chi connectivity index (χ4v) is 5.78. The van der Waals surface area contributed by atoms with Crippen molar-refractivity contribution in [3.05, 3.63) is 68.7 Å². The van der Waals surface area contributed by atoms with Crippen LogP contribution in [0.3, 0.4) is 0 Å². The summed E-state index contributed by atoms with van der Waals surface area (Å²) in [5.41, 5.74) is 1.31. The number of allylic oxidation sites excluding steroid dienone is 2. The topological polar surface area (TPSA) is 68.2 Å². The largest absolute Gasteiger partial charge is 0.493 e. The number of fused-ring (bicyclic) bond motifs is 1. The Morgan fingerprint density at radius 2 is 1.68 bits per heavy atom. The van der Waals surface area contributed by atoms with E-state index in [9.17, 15) is 9.59 Å². The minimum atomic E-state index is -0.304. The first-order valence-electron chi connectivity index (χ1n) is 10.9. The van der Waals surface area contributed by atoms with Crippen molar-refractivity contribution in [3.8, 4) is 11.5 Å². The quantitative estimate of drug-likeness (QED) is 0.276. The summed E-state index contributed by atoms with van der Waals surface area (Å²) in [6.45, 7) is 0.162. The van der Waals surface area contributed by atoms with Crippen LogP contribution in [-0.2, 0) is 16.2 Å². The van der Waals surface area contributed by atoms with Crippen LogP contribution in [0.1, 0.15) is 24.0 Å². The zero-order chi connectivity index (χ0) is 24.0. The average Bonchev–Trinajstić information content (AvgIpc) is 3.10. The first-order valence-corrected chi connectivity index (χ1v) is 12.0. The zero-order valence-electron chi connectivity index (χ0n) is 18.2. The van der Waals surface area contributed by atoms with Crippen molar-refractivity contribution < 1.29 is 19.1 Å². The zero-order valence-corrected chi connectivity index (χ0v) is 20.5. The molecule has 34 heavy (non-hydrogen) atoms. The van der Waals surface area contributed by atoms with Crippen molar-refractivity contribution in [2.24, 2.45) is 28.8 Å². The molecule has 2 amide bonds. The van der Waals surface area contributed by atoms with Crippen LogP contribution >= 0.6 is 34.8 Å². The minimum absolute atomic E-state index is 0.117. The van der Waals surface area contributed by atoms with E-state index in [1.807, 2.05) is 0 Å². The van der Waals surface area contributed by atoms with E-state index in [4.69, 9.17) is 44.3 Å². The van der Waals surface area contributed by atoms with Crippen molar-refractivity contribution >= 4 is 52.8 Å². The van der Waals surface area contributed by atoms with Gasteiger partial charge in [0, 0.05) is 15.6 Å². The van der Waals surface area contributed by atoms with E-state index in [2.05, 4.69) is 17.3 Å². The van der Waals surface area contributed by atoms with Crippen LogP contribution in [0.15, 0.2) is 47.6 Å². The standard InChI is InChI=1S/C25H21Cl3N2O4/c1-33-20-9-13(8-19(28)23(20)34-12-16-6-7-17(26)10-18(16)27)11-29-30-24(31)21-14-2-3-15(5-4-14)22(21)25(30)32/h2-3,6-11,14-15,21-22H,4-5,12H2,1H3/b29-11-/t14-,15-,21-,22-/m0/s1. The predicted molar refractivity (Wildman–Crippen MR) is 131 cm³/mol. The molecule has 4 atom stereocenters. The highest BCUT2D eigenvalue weighted by atomic mass is 35.5. The lowest BCUT2D eigenvalue weighted by molar-refractivity contribution is -0.140. The molecule has 176 valence electrons. The maximum atomic E-state index is 12.9. The summed E-state index contributed by atoms with van der Waals surface area (Å²) in [6.07, 6.45) is 7.47. The van der Waals surface area contributed by atoms with Gasteiger partial charge in [-0.3, -0.25) is 9.59 Å². The Hall–Kier alpha value is -2.54. The second kappa shape index (κ2) is 9.25. The van der Waals surface area contributed by atoms with Gasteiger partial charge in [0.2, 0.25) is 0 Å². The van der Waals surface area contributed by atoms with Gasteiger partial charge in [-0.15, -0.1) is 0 Å². The number of carbonyl (C=O) groups is 2. The molecule has 9 heteroatoms. The number of hydrogen-bond acceptors (Lipinski definition) is 5. The lowest BCUT2D eigenvalue weighted by Crippen LogP contribution is -2.38. The second-order valence-electron chi connectivity index (χ2n) is 8.63. The molecule has 0 spiro atoms. The fraction of sp³-hybridized carbons (Fsp3) is 0.320. The number of amides is 2. The third-order valence-electron chi connectivity index (χ3n) is 6.70. The number of halogens is 3. The Bertz CT molecular complexity index is 1200. The molecule has 1 saturated carbocycles. The number of rotatable bonds is 6. The van der Waals surface area contributed by atoms with Crippen LogP contribution in [0.4, 0.5) is 0 Å². The van der Waals surface area contributed by atoms with E-state index in [1.165, 1.54) is 13.3 Å². The number of carbonyl (C=O) groups excluding carboxylic acids is 2. The molecule has 2 bridgehead atoms. The Balaban J connectivity index is 1.34. The third kappa shape index (κ3) is 4.08. The van der Waals surface area contributed by atoms with Gasteiger partial charge in [0.25, 0.3) is 11.8 Å². The maximum Gasteiger partial charge on any atom is 0.254 e. The lowest BCUT2D eigenvalue weighted by Gasteiger charge is -2.37. The summed E-state index contributed by atoms with van der Waals surface area (Å²) in [5, 5.41) is 6.56. The summed E-state index contributed by atoms with van der Waals surface area (Å²) in [4.78, 5) is 25.9. The van der Waals surface area contributed by atoms with Crippen LogP contribution in [0.25, 0.3) is 0 Å². The highest BCUT2D eigenvalue weighted by molar-refractivity contribution is 6.35. The molecule has 6 nitrogen and oxygen atoms in total. The molecule has 0 unspecified atom stereocenters. The molecule has 0 N–H and O–H groups in total. The van der Waals surface area contributed by atoms with Crippen molar-refractivity contribution in [1.29, 1.82) is 0 Å². The number of imide groups is 1. The molecule has 3 aliphatic carbocycles. The molecule has 1 heterocycles. The van der Waals surface area contributed by atoms with E-state index in [0.717, 1.165) is 23.4 Å². The molecule has 6 rings (SSSR count). The Morgan fingerprint density at radius 1 is 1.00 bits per heavy atom. The van der Waals surface area contributed by atoms with E-state index >= 15 is 0 Å². The van der Waals surface area contributed by atoms with Gasteiger partial charge in [0.15, 0.2) is 11.5 Å². The van der Waals surface area contributed by atoms with Gasteiger partial charge >= 0.3 is 0 Å². The smallest absolute Gasteiger partial charge is 0.254 e. The van der Waals surface area contributed by atoms with Crippen molar-refractivity contribution in [3.63, 3.8) is 0 Å². The lowest BCUT2D eigenvalue weighted by atomic mass is 9.63. The van der Waals surface area contributed by atoms with Crippen LogP contribution in [-0.4, -0.2) is 30.1 Å². The Morgan fingerprint density at radius 3 is 2.26 bits per heavy atom. The maximum absolute atomic E-state index is 12.9. The molecule has 4 aliphatic rings. The van der Waals surface area contributed by atoms with Gasteiger partial charge in [-0.25, -0.2) is 0 Å². The van der Waals surface area contributed by atoms with Crippen LogP contribution in [0.2, 0.25) is 15.1 Å². The molecular formula is C25H21Cl3N2O4. The monoisotopic (exact) mass is 518 g/mol. The second-order valence-corrected chi connectivity index (χ2v) is 9.88. The number of hydrazone groups is 1. The first kappa shape index (κ1) is 23.2. The van der Waals surface area contributed by atoms with Gasteiger partial charge < -0.3 is 9.47 Å². The Kier molecular flexibility index (Phi) is 6.32. The average molecular weight is 520 g/mol. The first-order chi connectivity index (χ1) is 16.4. The molecular weight excluding hydrogens is 499 g/mol. The Labute approximate surface area is 212 Å². The van der Waals surface area contributed by atoms with E-state index in [0.29, 0.717) is 32.1 Å². The highest BCUT2D eigenvalue weighted by Crippen LogP contribution is 2.49. The van der Waals surface area contributed by atoms with Gasteiger partial charge in [0.05, 0.1) is 30.2 Å². The molecule has 2 aromatic carbocycles. The molecule has 0 radical (unpaired) electrons. The number of methoxy groups -OCH3 is 1.